The number of amides is 1. The number of carbonyl (C=O) groups excluding carboxylic acids is 1. The monoisotopic (exact) mass is 296 g/mol. The van der Waals surface area contributed by atoms with E-state index in [0.29, 0.717) is 23.2 Å². The standard InChI is InChI=1S/C15H21ClN2O2/c1-11(2)15(10-19)5-3-7-18(9-15)14(20)12-4-6-17-13(16)8-12/h4,6,8,11,19H,3,5,7,9-10H2,1-2H3/t15-/m0/s1. The van der Waals surface area contributed by atoms with Crippen LogP contribution in [0.4, 0.5) is 0 Å². The summed E-state index contributed by atoms with van der Waals surface area (Å²) < 4.78 is 0. The maximum Gasteiger partial charge on any atom is 0.254 e. The van der Waals surface area contributed by atoms with Crippen LogP contribution < -0.4 is 0 Å². The van der Waals surface area contributed by atoms with Gasteiger partial charge in [-0.15, -0.1) is 0 Å². The number of halogens is 1. The maximum atomic E-state index is 12.5. The van der Waals surface area contributed by atoms with Crippen LogP contribution in [0.25, 0.3) is 0 Å². The molecular weight excluding hydrogens is 276 g/mol. The van der Waals surface area contributed by atoms with Gasteiger partial charge in [-0.05, 0) is 30.9 Å². The van der Waals surface area contributed by atoms with Crippen molar-refractivity contribution in [2.45, 2.75) is 26.7 Å². The van der Waals surface area contributed by atoms with E-state index in [1.807, 2.05) is 4.90 Å². The number of pyridine rings is 1. The minimum atomic E-state index is -0.190. The molecule has 0 bridgehead atoms. The van der Waals surface area contributed by atoms with Gasteiger partial charge in [0, 0.05) is 30.3 Å². The lowest BCUT2D eigenvalue weighted by atomic mass is 9.72. The van der Waals surface area contributed by atoms with Crippen molar-refractivity contribution in [3.05, 3.63) is 29.0 Å². The second-order valence-electron chi connectivity index (χ2n) is 5.87. The zero-order valence-corrected chi connectivity index (χ0v) is 12.7. The Bertz CT molecular complexity index is 493. The number of likely N-dealkylation sites (tertiary alicyclic amines) is 1. The number of piperidine rings is 1. The Morgan fingerprint density at radius 3 is 2.95 bits per heavy atom. The van der Waals surface area contributed by atoms with E-state index in [2.05, 4.69) is 18.8 Å². The molecule has 110 valence electrons. The molecule has 4 nitrogen and oxygen atoms in total. The van der Waals surface area contributed by atoms with E-state index in [-0.39, 0.29) is 17.9 Å². The minimum absolute atomic E-state index is 0.0347. The van der Waals surface area contributed by atoms with Gasteiger partial charge in [0.15, 0.2) is 0 Å². The third kappa shape index (κ3) is 2.96. The topological polar surface area (TPSA) is 53.4 Å². The lowest BCUT2D eigenvalue weighted by molar-refractivity contribution is 0.000694. The molecule has 0 saturated carbocycles. The minimum Gasteiger partial charge on any atom is -0.396 e. The molecule has 2 rings (SSSR count). The van der Waals surface area contributed by atoms with Crippen LogP contribution in [0.2, 0.25) is 5.15 Å². The van der Waals surface area contributed by atoms with Gasteiger partial charge in [0.05, 0.1) is 6.61 Å². The second-order valence-corrected chi connectivity index (χ2v) is 6.26. The van der Waals surface area contributed by atoms with E-state index in [9.17, 15) is 9.90 Å². The highest BCUT2D eigenvalue weighted by Crippen LogP contribution is 2.37. The van der Waals surface area contributed by atoms with Crippen molar-refractivity contribution >= 4 is 17.5 Å². The predicted molar refractivity (Wildman–Crippen MR) is 78.7 cm³/mol. The Hall–Kier alpha value is -1.13. The summed E-state index contributed by atoms with van der Waals surface area (Å²) in [5, 5.41) is 10.1. The van der Waals surface area contributed by atoms with E-state index in [0.717, 1.165) is 19.4 Å². The number of aliphatic hydroxyl groups is 1. The molecule has 0 radical (unpaired) electrons. The lowest BCUT2D eigenvalue weighted by Crippen LogP contribution is -2.50. The van der Waals surface area contributed by atoms with Crippen LogP contribution in [0.5, 0.6) is 0 Å². The average molecular weight is 297 g/mol. The number of hydrogen-bond acceptors (Lipinski definition) is 3. The summed E-state index contributed by atoms with van der Waals surface area (Å²) in [7, 11) is 0. The number of hydrogen-bond donors (Lipinski definition) is 1. The molecule has 20 heavy (non-hydrogen) atoms. The van der Waals surface area contributed by atoms with Crippen LogP contribution in [0.1, 0.15) is 37.0 Å². The largest absolute Gasteiger partial charge is 0.396 e. The number of rotatable bonds is 3. The fraction of sp³-hybridized carbons (Fsp3) is 0.600. The maximum absolute atomic E-state index is 12.5. The van der Waals surface area contributed by atoms with Crippen molar-refractivity contribution in [1.82, 2.24) is 9.88 Å². The Morgan fingerprint density at radius 2 is 2.35 bits per heavy atom. The van der Waals surface area contributed by atoms with E-state index in [4.69, 9.17) is 11.6 Å². The van der Waals surface area contributed by atoms with Gasteiger partial charge in [0.2, 0.25) is 0 Å². The van der Waals surface area contributed by atoms with Crippen molar-refractivity contribution in [3.8, 4) is 0 Å². The Labute approximate surface area is 124 Å². The Kier molecular flexibility index (Phi) is 4.66. The Morgan fingerprint density at radius 1 is 1.60 bits per heavy atom. The van der Waals surface area contributed by atoms with Gasteiger partial charge < -0.3 is 10.0 Å². The highest BCUT2D eigenvalue weighted by Gasteiger charge is 2.39. The fourth-order valence-corrected chi connectivity index (χ4v) is 3.01. The molecule has 1 fully saturated rings. The highest BCUT2D eigenvalue weighted by molar-refractivity contribution is 6.29. The van der Waals surface area contributed by atoms with Crippen LogP contribution in [0, 0.1) is 11.3 Å². The first kappa shape index (κ1) is 15.3. The zero-order valence-electron chi connectivity index (χ0n) is 12.0. The molecular formula is C15H21ClN2O2. The zero-order chi connectivity index (χ0) is 14.8. The third-order valence-electron chi connectivity index (χ3n) is 4.41. The quantitative estimate of drug-likeness (QED) is 0.872. The summed E-state index contributed by atoms with van der Waals surface area (Å²) in [6.07, 6.45) is 3.42. The molecule has 1 N–H and O–H groups in total. The van der Waals surface area contributed by atoms with Crippen LogP contribution in [-0.2, 0) is 0 Å². The Balaban J connectivity index is 2.18. The van der Waals surface area contributed by atoms with Crippen LogP contribution >= 0.6 is 11.6 Å². The normalized spacial score (nSPS) is 23.1. The summed E-state index contributed by atoms with van der Waals surface area (Å²) in [5.74, 6) is 0.302. The van der Waals surface area contributed by atoms with Gasteiger partial charge in [0.25, 0.3) is 5.91 Å². The SMILES string of the molecule is CC(C)[C@@]1(CO)CCCN(C(=O)c2ccnc(Cl)c2)C1. The molecule has 1 amide bonds. The number of nitrogens with zero attached hydrogens (tertiary/aromatic N) is 2. The van der Waals surface area contributed by atoms with Crippen molar-refractivity contribution in [2.75, 3.05) is 19.7 Å². The second kappa shape index (κ2) is 6.10. The van der Waals surface area contributed by atoms with Gasteiger partial charge >= 0.3 is 0 Å². The fourth-order valence-electron chi connectivity index (χ4n) is 2.83. The molecule has 1 saturated heterocycles. The van der Waals surface area contributed by atoms with E-state index in [1.54, 1.807) is 18.3 Å². The number of aliphatic hydroxyl groups excluding tert-OH is 1. The average Bonchev–Trinajstić information content (AvgIpc) is 2.46. The van der Waals surface area contributed by atoms with Crippen LogP contribution in [-0.4, -0.2) is 40.6 Å². The van der Waals surface area contributed by atoms with E-state index in [1.165, 1.54) is 0 Å². The number of aromatic nitrogens is 1. The van der Waals surface area contributed by atoms with Gasteiger partial charge in [-0.3, -0.25) is 4.79 Å². The van der Waals surface area contributed by atoms with E-state index < -0.39 is 0 Å². The van der Waals surface area contributed by atoms with Crippen molar-refractivity contribution in [2.24, 2.45) is 11.3 Å². The molecule has 1 aromatic rings. The van der Waals surface area contributed by atoms with Gasteiger partial charge in [-0.2, -0.15) is 0 Å². The summed E-state index contributed by atoms with van der Waals surface area (Å²) in [6.45, 7) is 5.65. The van der Waals surface area contributed by atoms with Gasteiger partial charge in [0.1, 0.15) is 5.15 Å². The first-order chi connectivity index (χ1) is 9.48. The van der Waals surface area contributed by atoms with Gasteiger partial charge in [-0.25, -0.2) is 4.98 Å². The summed E-state index contributed by atoms with van der Waals surface area (Å²) in [6, 6.07) is 3.27. The smallest absolute Gasteiger partial charge is 0.254 e. The van der Waals surface area contributed by atoms with Crippen molar-refractivity contribution in [1.29, 1.82) is 0 Å². The molecule has 1 aliphatic rings. The summed E-state index contributed by atoms with van der Waals surface area (Å²) >= 11 is 5.84. The lowest BCUT2D eigenvalue weighted by Gasteiger charge is -2.44. The van der Waals surface area contributed by atoms with E-state index >= 15 is 0 Å². The molecule has 5 heteroatoms. The molecule has 1 aromatic heterocycles. The highest BCUT2D eigenvalue weighted by atomic mass is 35.5. The molecule has 1 aliphatic heterocycles. The van der Waals surface area contributed by atoms with Crippen LogP contribution in [0.15, 0.2) is 18.3 Å². The van der Waals surface area contributed by atoms with Crippen LogP contribution in [0.3, 0.4) is 0 Å². The first-order valence-corrected chi connectivity index (χ1v) is 7.38. The molecule has 0 aromatic carbocycles. The molecule has 0 unspecified atom stereocenters. The van der Waals surface area contributed by atoms with Crippen molar-refractivity contribution < 1.29 is 9.90 Å². The number of carbonyl (C=O) groups is 1. The van der Waals surface area contributed by atoms with Gasteiger partial charge in [-0.1, -0.05) is 25.4 Å². The summed E-state index contributed by atoms with van der Waals surface area (Å²) in [5.41, 5.74) is 0.368. The first-order valence-electron chi connectivity index (χ1n) is 7.00. The van der Waals surface area contributed by atoms with Crippen molar-refractivity contribution in [3.63, 3.8) is 0 Å². The predicted octanol–water partition coefficient (Wildman–Crippen LogP) is 2.61. The molecule has 0 aliphatic carbocycles. The molecule has 1 atom stereocenters. The summed E-state index contributed by atoms with van der Waals surface area (Å²) in [4.78, 5) is 18.3. The molecule has 0 spiro atoms. The third-order valence-corrected chi connectivity index (χ3v) is 4.62. The molecule has 2 heterocycles.